The van der Waals surface area contributed by atoms with Crippen molar-refractivity contribution in [2.45, 2.75) is 13.0 Å². The molecule has 21 heavy (non-hydrogen) atoms. The van der Waals surface area contributed by atoms with Gasteiger partial charge in [-0.25, -0.2) is 4.39 Å². The zero-order valence-corrected chi connectivity index (χ0v) is 11.8. The molecule has 2 rings (SSSR count). The van der Waals surface area contributed by atoms with Crippen LogP contribution in [0.5, 0.6) is 0 Å². The molecule has 0 bridgehead atoms. The lowest BCUT2D eigenvalue weighted by Gasteiger charge is -2.07. The summed E-state index contributed by atoms with van der Waals surface area (Å²) < 4.78 is 15.6. The number of nitrogens with one attached hydrogen (secondary N) is 1. The van der Waals surface area contributed by atoms with Crippen LogP contribution in [0.25, 0.3) is 0 Å². The van der Waals surface area contributed by atoms with Gasteiger partial charge >= 0.3 is 0 Å². The number of oxime groups is 1. The largest absolute Gasteiger partial charge is 0.409 e. The third-order valence-electron chi connectivity index (χ3n) is 3.12. The van der Waals surface area contributed by atoms with Crippen molar-refractivity contribution in [2.75, 3.05) is 6.54 Å². The highest BCUT2D eigenvalue weighted by Gasteiger charge is 2.06. The van der Waals surface area contributed by atoms with Crippen LogP contribution in [0.4, 0.5) is 4.39 Å². The van der Waals surface area contributed by atoms with Crippen LogP contribution in [-0.2, 0) is 20.0 Å². The molecule has 0 saturated carbocycles. The van der Waals surface area contributed by atoms with E-state index in [9.17, 15) is 4.39 Å². The fourth-order valence-corrected chi connectivity index (χ4v) is 1.96. The van der Waals surface area contributed by atoms with Gasteiger partial charge in [0.2, 0.25) is 0 Å². The second kappa shape index (κ2) is 6.85. The van der Waals surface area contributed by atoms with E-state index in [4.69, 9.17) is 10.9 Å². The molecule has 0 aliphatic heterocycles. The fraction of sp³-hybridized carbons (Fsp3) is 0.286. The van der Waals surface area contributed by atoms with Gasteiger partial charge in [0, 0.05) is 30.9 Å². The summed E-state index contributed by atoms with van der Waals surface area (Å²) in [5, 5.41) is 18.7. The number of hydrogen-bond acceptors (Lipinski definition) is 4. The van der Waals surface area contributed by atoms with Crippen molar-refractivity contribution in [3.63, 3.8) is 0 Å². The molecule has 2 aromatic rings. The molecule has 0 spiro atoms. The van der Waals surface area contributed by atoms with Gasteiger partial charge in [-0.15, -0.1) is 0 Å². The zero-order chi connectivity index (χ0) is 15.2. The van der Waals surface area contributed by atoms with Crippen molar-refractivity contribution in [1.29, 1.82) is 0 Å². The first kappa shape index (κ1) is 15.0. The normalized spacial score (nSPS) is 11.8. The van der Waals surface area contributed by atoms with Crippen LogP contribution in [0.1, 0.15) is 16.7 Å². The van der Waals surface area contributed by atoms with Crippen LogP contribution in [-0.4, -0.2) is 27.4 Å². The smallest absolute Gasteiger partial charge is 0.170 e. The number of hydrogen-bond donors (Lipinski definition) is 3. The Hall–Kier alpha value is -2.41. The molecule has 112 valence electrons. The number of aromatic nitrogens is 2. The summed E-state index contributed by atoms with van der Waals surface area (Å²) in [5.74, 6) is -0.488. The van der Waals surface area contributed by atoms with Gasteiger partial charge in [-0.05, 0) is 24.6 Å². The highest BCUT2D eigenvalue weighted by atomic mass is 19.1. The maximum atomic E-state index is 13.9. The standard InChI is InChI=1S/C14H18FN5O/c1-20-9-10(7-18-20)4-5-17-8-12-3-2-11(6-13(12)15)14(16)19-21/h2-3,6-7,9,17,21H,4-5,8H2,1H3,(H2,16,19). The van der Waals surface area contributed by atoms with Gasteiger partial charge in [0.25, 0.3) is 0 Å². The predicted octanol–water partition coefficient (Wildman–Crippen LogP) is 0.986. The Bertz CT molecular complexity index is 638. The molecular weight excluding hydrogens is 273 g/mol. The lowest BCUT2D eigenvalue weighted by Crippen LogP contribution is -2.18. The Morgan fingerprint density at radius 3 is 2.95 bits per heavy atom. The molecule has 6 nitrogen and oxygen atoms in total. The first-order valence-electron chi connectivity index (χ1n) is 6.54. The number of nitrogens with zero attached hydrogens (tertiary/aromatic N) is 3. The Labute approximate surface area is 122 Å². The van der Waals surface area contributed by atoms with E-state index in [0.717, 1.165) is 18.5 Å². The average molecular weight is 291 g/mol. The molecule has 1 aromatic heterocycles. The monoisotopic (exact) mass is 291 g/mol. The average Bonchev–Trinajstić information content (AvgIpc) is 2.89. The van der Waals surface area contributed by atoms with E-state index in [1.807, 2.05) is 19.4 Å². The van der Waals surface area contributed by atoms with Gasteiger partial charge in [0.1, 0.15) is 5.82 Å². The van der Waals surface area contributed by atoms with Gasteiger partial charge in [0.15, 0.2) is 5.84 Å². The van der Waals surface area contributed by atoms with Gasteiger partial charge in [0.05, 0.1) is 6.20 Å². The summed E-state index contributed by atoms with van der Waals surface area (Å²) >= 11 is 0. The van der Waals surface area contributed by atoms with E-state index >= 15 is 0 Å². The minimum atomic E-state index is -0.382. The first-order valence-corrected chi connectivity index (χ1v) is 6.54. The maximum Gasteiger partial charge on any atom is 0.170 e. The van der Waals surface area contributed by atoms with Crippen LogP contribution in [0.3, 0.4) is 0 Å². The summed E-state index contributed by atoms with van der Waals surface area (Å²) in [6, 6.07) is 4.50. The lowest BCUT2D eigenvalue weighted by atomic mass is 10.1. The fourth-order valence-electron chi connectivity index (χ4n) is 1.96. The molecule has 0 amide bonds. The van der Waals surface area contributed by atoms with Crippen molar-refractivity contribution in [1.82, 2.24) is 15.1 Å². The third kappa shape index (κ3) is 4.03. The minimum absolute atomic E-state index is 0.106. The Balaban J connectivity index is 1.86. The molecule has 0 aliphatic carbocycles. The molecule has 1 heterocycles. The SMILES string of the molecule is Cn1cc(CCNCc2ccc(/C(N)=N/O)cc2F)cn1. The number of aryl methyl sites for hydroxylation is 1. The summed E-state index contributed by atoms with van der Waals surface area (Å²) in [7, 11) is 1.87. The number of rotatable bonds is 6. The maximum absolute atomic E-state index is 13.9. The summed E-state index contributed by atoms with van der Waals surface area (Å²) in [5.41, 5.74) is 7.44. The van der Waals surface area contributed by atoms with Crippen LogP contribution in [0.15, 0.2) is 35.7 Å². The zero-order valence-electron chi connectivity index (χ0n) is 11.8. The number of amidine groups is 1. The van der Waals surface area contributed by atoms with E-state index in [1.54, 1.807) is 16.8 Å². The summed E-state index contributed by atoms with van der Waals surface area (Å²) in [4.78, 5) is 0. The highest BCUT2D eigenvalue weighted by Crippen LogP contribution is 2.10. The molecule has 0 atom stereocenters. The second-order valence-corrected chi connectivity index (χ2v) is 4.74. The molecule has 0 fully saturated rings. The topological polar surface area (TPSA) is 88.5 Å². The summed E-state index contributed by atoms with van der Waals surface area (Å²) in [6.07, 6.45) is 4.60. The van der Waals surface area contributed by atoms with Crippen LogP contribution in [0.2, 0.25) is 0 Å². The minimum Gasteiger partial charge on any atom is -0.409 e. The van der Waals surface area contributed by atoms with E-state index in [0.29, 0.717) is 17.7 Å². The summed E-state index contributed by atoms with van der Waals surface area (Å²) in [6.45, 7) is 1.15. The Morgan fingerprint density at radius 1 is 1.52 bits per heavy atom. The van der Waals surface area contributed by atoms with Gasteiger partial charge in [-0.3, -0.25) is 4.68 Å². The first-order chi connectivity index (χ1) is 10.1. The molecule has 0 radical (unpaired) electrons. The van der Waals surface area contributed by atoms with Crippen molar-refractivity contribution in [3.05, 3.63) is 53.1 Å². The van der Waals surface area contributed by atoms with Crippen molar-refractivity contribution in [3.8, 4) is 0 Å². The van der Waals surface area contributed by atoms with E-state index in [1.165, 1.54) is 6.07 Å². The second-order valence-electron chi connectivity index (χ2n) is 4.74. The third-order valence-corrected chi connectivity index (χ3v) is 3.12. The Morgan fingerprint density at radius 2 is 2.33 bits per heavy atom. The lowest BCUT2D eigenvalue weighted by molar-refractivity contribution is 0.318. The molecular formula is C14H18FN5O. The molecule has 7 heteroatoms. The van der Waals surface area contributed by atoms with Gasteiger partial charge in [-0.1, -0.05) is 17.3 Å². The molecule has 0 saturated heterocycles. The number of nitrogens with two attached hydrogens (primary N) is 1. The highest BCUT2D eigenvalue weighted by molar-refractivity contribution is 5.97. The van der Waals surface area contributed by atoms with Crippen molar-refractivity contribution in [2.24, 2.45) is 17.9 Å². The number of halogens is 1. The van der Waals surface area contributed by atoms with Crippen molar-refractivity contribution < 1.29 is 9.60 Å². The molecule has 0 unspecified atom stereocenters. The molecule has 4 N–H and O–H groups in total. The van der Waals surface area contributed by atoms with Crippen LogP contribution in [0, 0.1) is 5.82 Å². The van der Waals surface area contributed by atoms with E-state index in [-0.39, 0.29) is 11.7 Å². The van der Waals surface area contributed by atoms with E-state index < -0.39 is 0 Å². The van der Waals surface area contributed by atoms with Crippen LogP contribution >= 0.6 is 0 Å². The van der Waals surface area contributed by atoms with Crippen molar-refractivity contribution >= 4 is 5.84 Å². The van der Waals surface area contributed by atoms with Gasteiger partial charge < -0.3 is 16.3 Å². The molecule has 0 aliphatic rings. The molecule has 1 aromatic carbocycles. The van der Waals surface area contributed by atoms with Crippen LogP contribution < -0.4 is 11.1 Å². The van der Waals surface area contributed by atoms with Gasteiger partial charge in [-0.2, -0.15) is 5.10 Å². The quantitative estimate of drug-likeness (QED) is 0.243. The predicted molar refractivity (Wildman–Crippen MR) is 77.5 cm³/mol. The Kier molecular flexibility index (Phi) is 4.89. The number of benzene rings is 1. The van der Waals surface area contributed by atoms with E-state index in [2.05, 4.69) is 15.6 Å².